The maximum atomic E-state index is 11.6. The molecule has 0 atom stereocenters. The molecule has 0 aliphatic rings. The monoisotopic (exact) mass is 405 g/mol. The smallest absolute Gasteiger partial charge is 0.194 e. The van der Waals surface area contributed by atoms with Crippen LogP contribution in [0, 0.1) is 0 Å². The highest BCUT2D eigenvalue weighted by atomic mass is 32.2. The van der Waals surface area contributed by atoms with Gasteiger partial charge in [-0.25, -0.2) is 13.4 Å². The SMILES string of the molecule is CCNC(=NCc1ccc(S(C)(=O)=O)cc1)N(C)Cc1cn(C)nc1C(C)C. The fraction of sp³-hybridized carbons (Fsp3) is 0.500. The minimum absolute atomic E-state index is 0.321. The van der Waals surface area contributed by atoms with E-state index in [2.05, 4.69) is 35.4 Å². The number of guanidine groups is 1. The Morgan fingerprint density at radius 3 is 2.46 bits per heavy atom. The topological polar surface area (TPSA) is 79.6 Å². The summed E-state index contributed by atoms with van der Waals surface area (Å²) in [4.78, 5) is 7.11. The molecule has 1 aromatic carbocycles. The lowest BCUT2D eigenvalue weighted by atomic mass is 10.1. The first-order valence-electron chi connectivity index (χ1n) is 9.42. The summed E-state index contributed by atoms with van der Waals surface area (Å²) in [6.45, 7) is 8.27. The van der Waals surface area contributed by atoms with Gasteiger partial charge in [0, 0.05) is 45.2 Å². The van der Waals surface area contributed by atoms with Crippen molar-refractivity contribution >= 4 is 15.8 Å². The molecule has 0 spiro atoms. The molecule has 7 nitrogen and oxygen atoms in total. The molecule has 28 heavy (non-hydrogen) atoms. The number of benzene rings is 1. The Morgan fingerprint density at radius 2 is 1.93 bits per heavy atom. The second-order valence-corrected chi connectivity index (χ2v) is 9.33. The second-order valence-electron chi connectivity index (χ2n) is 7.31. The average Bonchev–Trinajstić information content (AvgIpc) is 2.98. The van der Waals surface area contributed by atoms with Gasteiger partial charge in [0.25, 0.3) is 0 Å². The molecule has 0 unspecified atom stereocenters. The van der Waals surface area contributed by atoms with Crippen molar-refractivity contribution in [3.05, 3.63) is 47.3 Å². The summed E-state index contributed by atoms with van der Waals surface area (Å²) in [6, 6.07) is 6.87. The van der Waals surface area contributed by atoms with E-state index in [4.69, 9.17) is 4.99 Å². The van der Waals surface area contributed by atoms with E-state index in [1.54, 1.807) is 24.3 Å². The van der Waals surface area contributed by atoms with Gasteiger partial charge in [-0.3, -0.25) is 4.68 Å². The van der Waals surface area contributed by atoms with Crippen LogP contribution in [0.2, 0.25) is 0 Å². The summed E-state index contributed by atoms with van der Waals surface area (Å²) in [5, 5.41) is 7.89. The largest absolute Gasteiger partial charge is 0.357 e. The van der Waals surface area contributed by atoms with Gasteiger partial charge in [0.15, 0.2) is 15.8 Å². The van der Waals surface area contributed by atoms with Gasteiger partial charge in [0.2, 0.25) is 0 Å². The number of nitrogens with zero attached hydrogens (tertiary/aromatic N) is 4. The maximum Gasteiger partial charge on any atom is 0.194 e. The van der Waals surface area contributed by atoms with Gasteiger partial charge in [-0.1, -0.05) is 26.0 Å². The minimum Gasteiger partial charge on any atom is -0.357 e. The number of hydrogen-bond acceptors (Lipinski definition) is 4. The molecule has 0 saturated heterocycles. The van der Waals surface area contributed by atoms with Crippen molar-refractivity contribution in [3.63, 3.8) is 0 Å². The fourth-order valence-corrected chi connectivity index (χ4v) is 3.60. The Hall–Kier alpha value is -2.35. The van der Waals surface area contributed by atoms with Crippen LogP contribution >= 0.6 is 0 Å². The molecule has 8 heteroatoms. The van der Waals surface area contributed by atoms with Crippen LogP contribution in [0.4, 0.5) is 0 Å². The van der Waals surface area contributed by atoms with E-state index < -0.39 is 9.84 Å². The highest BCUT2D eigenvalue weighted by Crippen LogP contribution is 2.18. The molecule has 0 amide bonds. The van der Waals surface area contributed by atoms with E-state index in [1.165, 1.54) is 11.8 Å². The van der Waals surface area contributed by atoms with E-state index in [1.807, 2.05) is 25.7 Å². The maximum absolute atomic E-state index is 11.6. The van der Waals surface area contributed by atoms with Gasteiger partial charge in [-0.05, 0) is 30.5 Å². The fourth-order valence-electron chi connectivity index (χ4n) is 2.97. The van der Waals surface area contributed by atoms with E-state index in [9.17, 15) is 8.42 Å². The average molecular weight is 406 g/mol. The van der Waals surface area contributed by atoms with E-state index in [-0.39, 0.29) is 0 Å². The zero-order valence-corrected chi connectivity index (χ0v) is 18.4. The number of nitrogens with one attached hydrogen (secondary N) is 1. The van der Waals surface area contributed by atoms with Gasteiger partial charge >= 0.3 is 0 Å². The molecule has 0 radical (unpaired) electrons. The van der Waals surface area contributed by atoms with Crippen molar-refractivity contribution < 1.29 is 8.42 Å². The second kappa shape index (κ2) is 9.23. The lowest BCUT2D eigenvalue weighted by Gasteiger charge is -2.22. The minimum atomic E-state index is -3.18. The Labute approximate surface area is 168 Å². The van der Waals surface area contributed by atoms with Crippen LogP contribution in [0.3, 0.4) is 0 Å². The lowest BCUT2D eigenvalue weighted by molar-refractivity contribution is 0.473. The first-order valence-corrected chi connectivity index (χ1v) is 11.3. The Bertz CT molecular complexity index is 915. The number of aryl methyl sites for hydroxylation is 1. The molecule has 1 heterocycles. The van der Waals surface area contributed by atoms with Crippen LogP contribution in [0.25, 0.3) is 0 Å². The zero-order chi connectivity index (χ0) is 20.9. The van der Waals surface area contributed by atoms with Crippen molar-refractivity contribution in [3.8, 4) is 0 Å². The number of hydrogen-bond donors (Lipinski definition) is 1. The summed E-state index contributed by atoms with van der Waals surface area (Å²) in [7, 11) is 0.764. The molecule has 1 aromatic heterocycles. The number of aliphatic imine (C=N–C) groups is 1. The van der Waals surface area contributed by atoms with Crippen LogP contribution < -0.4 is 5.32 Å². The van der Waals surface area contributed by atoms with Crippen LogP contribution in [-0.2, 0) is 30.0 Å². The molecule has 2 rings (SSSR count). The molecule has 0 aliphatic heterocycles. The molecule has 0 bridgehead atoms. The third kappa shape index (κ3) is 5.82. The van der Waals surface area contributed by atoms with Crippen LogP contribution in [0.15, 0.2) is 40.4 Å². The molecular weight excluding hydrogens is 374 g/mol. The predicted octanol–water partition coefficient (Wildman–Crippen LogP) is 2.54. The van der Waals surface area contributed by atoms with Gasteiger partial charge in [-0.15, -0.1) is 0 Å². The summed E-state index contributed by atoms with van der Waals surface area (Å²) in [5.74, 6) is 1.16. The third-order valence-electron chi connectivity index (χ3n) is 4.35. The Morgan fingerprint density at radius 1 is 1.29 bits per heavy atom. The van der Waals surface area contributed by atoms with Gasteiger partial charge in [-0.2, -0.15) is 5.10 Å². The molecule has 154 valence electrons. The normalized spacial score (nSPS) is 12.5. The van der Waals surface area contributed by atoms with Crippen molar-refractivity contribution in [2.45, 2.75) is 44.7 Å². The van der Waals surface area contributed by atoms with Crippen LogP contribution in [-0.4, -0.2) is 48.9 Å². The highest BCUT2D eigenvalue weighted by molar-refractivity contribution is 7.90. The van der Waals surface area contributed by atoms with Gasteiger partial charge in [0.1, 0.15) is 0 Å². The summed E-state index contributed by atoms with van der Waals surface area (Å²) in [5.41, 5.74) is 3.24. The van der Waals surface area contributed by atoms with Crippen molar-refractivity contribution in [1.29, 1.82) is 0 Å². The standard InChI is InChI=1S/C20H31N5O2S/c1-7-21-20(22-12-16-8-10-18(11-9-16)28(6,26)27)24(4)13-17-14-25(5)23-19(17)15(2)3/h8-11,14-15H,7,12-13H2,1-6H3,(H,21,22). The number of rotatable bonds is 7. The first-order chi connectivity index (χ1) is 13.1. The summed E-state index contributed by atoms with van der Waals surface area (Å²) in [6.07, 6.45) is 3.27. The van der Waals surface area contributed by atoms with E-state index in [0.29, 0.717) is 23.9 Å². The summed E-state index contributed by atoms with van der Waals surface area (Å²) < 4.78 is 25.0. The third-order valence-corrected chi connectivity index (χ3v) is 5.48. The number of aromatic nitrogens is 2. The lowest BCUT2D eigenvalue weighted by Crippen LogP contribution is -2.38. The van der Waals surface area contributed by atoms with E-state index in [0.717, 1.165) is 23.8 Å². The first kappa shape index (κ1) is 21.9. The quantitative estimate of drug-likeness (QED) is 0.566. The molecule has 1 N–H and O–H groups in total. The molecule has 0 saturated carbocycles. The van der Waals surface area contributed by atoms with Gasteiger partial charge in [0.05, 0.1) is 17.1 Å². The zero-order valence-electron chi connectivity index (χ0n) is 17.6. The predicted molar refractivity (Wildman–Crippen MR) is 113 cm³/mol. The molecular formula is C20H31N5O2S. The van der Waals surface area contributed by atoms with E-state index >= 15 is 0 Å². The Balaban J connectivity index is 2.15. The van der Waals surface area contributed by atoms with Crippen LogP contribution in [0.5, 0.6) is 0 Å². The molecule has 2 aromatic rings. The van der Waals surface area contributed by atoms with Crippen LogP contribution in [0.1, 0.15) is 43.5 Å². The highest BCUT2D eigenvalue weighted by Gasteiger charge is 2.15. The molecule has 0 aliphatic carbocycles. The molecule has 0 fully saturated rings. The Kier molecular flexibility index (Phi) is 7.23. The van der Waals surface area contributed by atoms with Crippen molar-refractivity contribution in [2.75, 3.05) is 19.8 Å². The van der Waals surface area contributed by atoms with Crippen molar-refractivity contribution in [1.82, 2.24) is 20.0 Å². The number of sulfone groups is 1. The van der Waals surface area contributed by atoms with Gasteiger partial charge < -0.3 is 10.2 Å². The summed E-state index contributed by atoms with van der Waals surface area (Å²) >= 11 is 0. The van der Waals surface area contributed by atoms with Crippen molar-refractivity contribution in [2.24, 2.45) is 12.0 Å².